The molecule has 0 aromatic rings. The predicted octanol–water partition coefficient (Wildman–Crippen LogP) is -2.13. The molecule has 0 aromatic carbocycles. The van der Waals surface area contributed by atoms with Gasteiger partial charge in [0.2, 0.25) is 0 Å². The minimum Gasteiger partial charge on any atom is -0.394 e. The van der Waals surface area contributed by atoms with Gasteiger partial charge in [0, 0.05) is 0 Å². The molecule has 6 nitrogen and oxygen atoms in total. The standard InChI is InChI=1S/C9H20O6Si/c1-16(2,3)9(15)8(14)7(13)6(12)5(11)4-10/h5-8,10-14H,4H2,1-3H3/t5-,6-,7+,8-/m1/s1. The van der Waals surface area contributed by atoms with Crippen LogP contribution in [0.1, 0.15) is 0 Å². The SMILES string of the molecule is C[Si](C)(C)C(=O)[C@H](O)[C@@H](O)[C@H](O)[C@H](O)CO. The van der Waals surface area contributed by atoms with Crippen molar-refractivity contribution in [3.63, 3.8) is 0 Å². The summed E-state index contributed by atoms with van der Waals surface area (Å²) in [6, 6.07) is 0. The van der Waals surface area contributed by atoms with Crippen molar-refractivity contribution in [3.8, 4) is 0 Å². The molecule has 0 bridgehead atoms. The Morgan fingerprint density at radius 3 is 1.81 bits per heavy atom. The summed E-state index contributed by atoms with van der Waals surface area (Å²) in [6.45, 7) is 4.33. The fourth-order valence-electron chi connectivity index (χ4n) is 1.12. The maximum atomic E-state index is 11.6. The molecule has 0 radical (unpaired) electrons. The van der Waals surface area contributed by atoms with E-state index in [4.69, 9.17) is 10.2 Å². The van der Waals surface area contributed by atoms with Crippen LogP contribution < -0.4 is 0 Å². The highest BCUT2D eigenvalue weighted by molar-refractivity contribution is 7.04. The van der Waals surface area contributed by atoms with Gasteiger partial charge in [-0.05, 0) is 0 Å². The van der Waals surface area contributed by atoms with Gasteiger partial charge in [-0.15, -0.1) is 0 Å². The second kappa shape index (κ2) is 5.85. The molecule has 0 aliphatic carbocycles. The maximum Gasteiger partial charge on any atom is 0.141 e. The minimum atomic E-state index is -2.28. The van der Waals surface area contributed by atoms with Crippen LogP contribution >= 0.6 is 0 Å². The van der Waals surface area contributed by atoms with Crippen molar-refractivity contribution < 1.29 is 30.3 Å². The van der Waals surface area contributed by atoms with Crippen LogP contribution in [-0.2, 0) is 4.79 Å². The lowest BCUT2D eigenvalue weighted by Crippen LogP contribution is -2.53. The van der Waals surface area contributed by atoms with Crippen molar-refractivity contribution in [2.45, 2.75) is 44.1 Å². The zero-order valence-electron chi connectivity index (χ0n) is 9.66. The Labute approximate surface area is 95.2 Å². The molecular weight excluding hydrogens is 232 g/mol. The molecule has 0 saturated carbocycles. The molecule has 0 rings (SSSR count). The van der Waals surface area contributed by atoms with Gasteiger partial charge in [-0.3, -0.25) is 0 Å². The van der Waals surface area contributed by atoms with Crippen molar-refractivity contribution in [1.29, 1.82) is 0 Å². The fourth-order valence-corrected chi connectivity index (χ4v) is 2.18. The van der Waals surface area contributed by atoms with Crippen LogP contribution in [0.5, 0.6) is 0 Å². The summed E-state index contributed by atoms with van der Waals surface area (Å²) in [6.07, 6.45) is -6.86. The Morgan fingerprint density at radius 1 is 1.06 bits per heavy atom. The summed E-state index contributed by atoms with van der Waals surface area (Å²) in [5.74, 6) is 0. The molecular formula is C9H20O6Si. The van der Waals surface area contributed by atoms with E-state index in [1.807, 2.05) is 0 Å². The normalized spacial score (nSPS) is 20.0. The van der Waals surface area contributed by atoms with Gasteiger partial charge in [-0.2, -0.15) is 0 Å². The van der Waals surface area contributed by atoms with Gasteiger partial charge >= 0.3 is 0 Å². The minimum absolute atomic E-state index is 0.510. The van der Waals surface area contributed by atoms with Crippen LogP contribution in [0.15, 0.2) is 0 Å². The summed E-state index contributed by atoms with van der Waals surface area (Å²) in [7, 11) is -2.28. The van der Waals surface area contributed by atoms with E-state index in [9.17, 15) is 20.1 Å². The molecule has 7 heteroatoms. The summed E-state index contributed by atoms with van der Waals surface area (Å²) >= 11 is 0. The monoisotopic (exact) mass is 252 g/mol. The largest absolute Gasteiger partial charge is 0.394 e. The van der Waals surface area contributed by atoms with E-state index in [0.717, 1.165) is 0 Å². The van der Waals surface area contributed by atoms with Crippen LogP contribution in [0.2, 0.25) is 19.6 Å². The Kier molecular flexibility index (Phi) is 5.74. The average molecular weight is 252 g/mol. The quantitative estimate of drug-likeness (QED) is 0.345. The van der Waals surface area contributed by atoms with Crippen LogP contribution in [0.3, 0.4) is 0 Å². The molecule has 0 unspecified atom stereocenters. The first-order valence-electron chi connectivity index (χ1n) is 5.00. The van der Waals surface area contributed by atoms with Gasteiger partial charge in [0.15, 0.2) is 0 Å². The second-order valence-electron chi connectivity index (χ2n) is 4.79. The summed E-state index contributed by atoms with van der Waals surface area (Å²) in [5.41, 5.74) is 0. The fraction of sp³-hybridized carbons (Fsp3) is 0.889. The zero-order valence-corrected chi connectivity index (χ0v) is 10.7. The highest BCUT2D eigenvalue weighted by atomic mass is 28.3. The van der Waals surface area contributed by atoms with Gasteiger partial charge < -0.3 is 30.3 Å². The van der Waals surface area contributed by atoms with E-state index in [1.165, 1.54) is 0 Å². The molecule has 0 amide bonds. The zero-order chi connectivity index (χ0) is 13.1. The molecule has 4 atom stereocenters. The first-order chi connectivity index (χ1) is 7.12. The molecule has 0 spiro atoms. The van der Waals surface area contributed by atoms with E-state index in [-0.39, 0.29) is 0 Å². The summed E-state index contributed by atoms with van der Waals surface area (Å²) in [5, 5.41) is 45.4. The van der Waals surface area contributed by atoms with Gasteiger partial charge in [0.05, 0.1) is 6.61 Å². The number of rotatable bonds is 6. The Hall–Kier alpha value is -0.313. The number of hydrogen-bond acceptors (Lipinski definition) is 6. The Balaban J connectivity index is 4.61. The summed E-state index contributed by atoms with van der Waals surface area (Å²) < 4.78 is 0. The van der Waals surface area contributed by atoms with Gasteiger partial charge in [0.25, 0.3) is 0 Å². The van der Waals surface area contributed by atoms with Gasteiger partial charge in [0.1, 0.15) is 37.9 Å². The lowest BCUT2D eigenvalue weighted by atomic mass is 10.0. The highest BCUT2D eigenvalue weighted by Gasteiger charge is 2.39. The van der Waals surface area contributed by atoms with Crippen molar-refractivity contribution in [2.24, 2.45) is 0 Å². The Morgan fingerprint density at radius 2 is 1.50 bits per heavy atom. The first kappa shape index (κ1) is 15.7. The van der Waals surface area contributed by atoms with Crippen LogP contribution in [0.4, 0.5) is 0 Å². The summed E-state index contributed by atoms with van der Waals surface area (Å²) in [4.78, 5) is 11.6. The number of aliphatic hydroxyl groups excluding tert-OH is 5. The third kappa shape index (κ3) is 3.93. The first-order valence-corrected chi connectivity index (χ1v) is 8.50. The van der Waals surface area contributed by atoms with Crippen LogP contribution in [0.25, 0.3) is 0 Å². The van der Waals surface area contributed by atoms with Crippen molar-refractivity contribution in [2.75, 3.05) is 6.61 Å². The van der Waals surface area contributed by atoms with Crippen molar-refractivity contribution in [1.82, 2.24) is 0 Å². The average Bonchev–Trinajstić information content (AvgIpc) is 2.22. The number of hydrogen-bond donors (Lipinski definition) is 5. The van der Waals surface area contributed by atoms with Crippen LogP contribution in [0, 0.1) is 0 Å². The molecule has 0 aromatic heterocycles. The second-order valence-corrected chi connectivity index (χ2v) is 9.78. The third-order valence-electron chi connectivity index (χ3n) is 2.26. The lowest BCUT2D eigenvalue weighted by Gasteiger charge is -2.28. The predicted molar refractivity (Wildman–Crippen MR) is 59.5 cm³/mol. The molecule has 0 fully saturated rings. The van der Waals surface area contributed by atoms with Crippen molar-refractivity contribution in [3.05, 3.63) is 0 Å². The molecule has 16 heavy (non-hydrogen) atoms. The topological polar surface area (TPSA) is 118 Å². The number of carbonyl (C=O) groups excluding carboxylic acids is 1. The number of aliphatic hydroxyl groups is 5. The van der Waals surface area contributed by atoms with Gasteiger partial charge in [-0.1, -0.05) is 19.6 Å². The molecule has 0 saturated heterocycles. The molecule has 96 valence electrons. The van der Waals surface area contributed by atoms with Crippen LogP contribution in [-0.4, -0.2) is 70.0 Å². The van der Waals surface area contributed by atoms with E-state index in [1.54, 1.807) is 19.6 Å². The lowest BCUT2D eigenvalue weighted by molar-refractivity contribution is -0.140. The molecule has 0 aliphatic rings. The van der Waals surface area contributed by atoms with E-state index in [0.29, 0.717) is 0 Å². The highest BCUT2D eigenvalue weighted by Crippen LogP contribution is 2.12. The Bertz CT molecular complexity index is 239. The van der Waals surface area contributed by atoms with E-state index < -0.39 is 44.5 Å². The molecule has 0 aliphatic heterocycles. The van der Waals surface area contributed by atoms with E-state index >= 15 is 0 Å². The van der Waals surface area contributed by atoms with Gasteiger partial charge in [-0.25, -0.2) is 0 Å². The smallest absolute Gasteiger partial charge is 0.141 e. The van der Waals surface area contributed by atoms with Crippen molar-refractivity contribution >= 4 is 13.5 Å². The molecule has 5 N–H and O–H groups in total. The van der Waals surface area contributed by atoms with E-state index in [2.05, 4.69) is 0 Å². The maximum absolute atomic E-state index is 11.6. The number of carbonyl (C=O) groups is 1. The molecule has 0 heterocycles. The third-order valence-corrected chi connectivity index (χ3v) is 4.04.